The van der Waals surface area contributed by atoms with Crippen LogP contribution in [0.5, 0.6) is 0 Å². The molecule has 2 fully saturated rings. The van der Waals surface area contributed by atoms with Crippen molar-refractivity contribution in [2.24, 2.45) is 23.7 Å². The van der Waals surface area contributed by atoms with Crippen molar-refractivity contribution in [2.45, 2.75) is 33.1 Å². The second-order valence-corrected chi connectivity index (χ2v) is 5.53. The van der Waals surface area contributed by atoms with Crippen LogP contribution in [0.2, 0.25) is 0 Å². The molecule has 0 aromatic rings. The molecule has 0 aromatic carbocycles. The lowest BCUT2D eigenvalue weighted by molar-refractivity contribution is -0.140. The predicted octanol–water partition coefficient (Wildman–Crippen LogP) is 2.11. The second kappa shape index (κ2) is 3.69. The Kier molecular flexibility index (Phi) is 2.39. The van der Waals surface area contributed by atoms with Gasteiger partial charge in [0.25, 0.3) is 0 Å². The van der Waals surface area contributed by atoms with Gasteiger partial charge < -0.3 is 4.74 Å². The van der Waals surface area contributed by atoms with E-state index in [1.807, 2.05) is 6.92 Å². The maximum Gasteiger partial charge on any atom is 0.341 e. The third kappa shape index (κ3) is 1.34. The zero-order chi connectivity index (χ0) is 12.2. The highest BCUT2D eigenvalue weighted by Crippen LogP contribution is 2.59. The summed E-state index contributed by atoms with van der Waals surface area (Å²) in [5.41, 5.74) is 1.38. The van der Waals surface area contributed by atoms with Gasteiger partial charge in [-0.15, -0.1) is 0 Å². The van der Waals surface area contributed by atoms with E-state index in [0.29, 0.717) is 29.9 Å². The van der Waals surface area contributed by atoms with E-state index in [-0.39, 0.29) is 11.7 Å². The summed E-state index contributed by atoms with van der Waals surface area (Å²) in [6, 6.07) is 0. The normalized spacial score (nSPS) is 38.8. The molecule has 0 N–H and O–H groups in total. The summed E-state index contributed by atoms with van der Waals surface area (Å²) in [6.45, 7) is 4.07. The molecule has 17 heavy (non-hydrogen) atoms. The summed E-state index contributed by atoms with van der Waals surface area (Å²) >= 11 is 0. The minimum Gasteiger partial charge on any atom is -0.462 e. The van der Waals surface area contributed by atoms with Crippen molar-refractivity contribution in [2.75, 3.05) is 6.61 Å². The maximum atomic E-state index is 12.3. The molecule has 92 valence electrons. The van der Waals surface area contributed by atoms with Crippen LogP contribution in [-0.2, 0) is 14.3 Å². The van der Waals surface area contributed by atoms with E-state index < -0.39 is 5.97 Å². The monoisotopic (exact) mass is 234 g/mol. The molecule has 4 atom stereocenters. The summed E-state index contributed by atoms with van der Waals surface area (Å²) in [6.07, 6.45) is 3.59. The lowest BCUT2D eigenvalue weighted by Crippen LogP contribution is -2.25. The Balaban J connectivity index is 1.95. The molecule has 3 aliphatic carbocycles. The fourth-order valence-electron chi connectivity index (χ4n) is 4.28. The minimum absolute atomic E-state index is 0.0677. The van der Waals surface area contributed by atoms with Crippen molar-refractivity contribution in [3.05, 3.63) is 11.1 Å². The minimum atomic E-state index is -0.399. The number of carbonyl (C=O) groups excluding carboxylic acids is 2. The van der Waals surface area contributed by atoms with E-state index >= 15 is 0 Å². The highest BCUT2D eigenvalue weighted by Gasteiger charge is 2.56. The van der Waals surface area contributed by atoms with Crippen molar-refractivity contribution < 1.29 is 14.3 Å². The van der Waals surface area contributed by atoms with Gasteiger partial charge in [0.2, 0.25) is 0 Å². The number of ketones is 1. The van der Waals surface area contributed by atoms with Gasteiger partial charge in [0.15, 0.2) is 5.78 Å². The van der Waals surface area contributed by atoms with E-state index in [4.69, 9.17) is 4.74 Å². The topological polar surface area (TPSA) is 43.4 Å². The molecular weight excluding hydrogens is 216 g/mol. The molecule has 0 radical (unpaired) electrons. The number of esters is 1. The molecule has 0 aromatic heterocycles. The molecule has 3 rings (SSSR count). The summed E-state index contributed by atoms with van der Waals surface area (Å²) < 4.78 is 5.01. The molecule has 3 nitrogen and oxygen atoms in total. The number of rotatable bonds is 2. The summed E-state index contributed by atoms with van der Waals surface area (Å²) in [4.78, 5) is 24.2. The average Bonchev–Trinajstić information content (AvgIpc) is 2.93. The van der Waals surface area contributed by atoms with Gasteiger partial charge in [0.05, 0.1) is 6.61 Å². The predicted molar refractivity (Wildman–Crippen MR) is 62.2 cm³/mol. The fourth-order valence-corrected chi connectivity index (χ4v) is 4.28. The molecular formula is C14H18O3. The van der Waals surface area contributed by atoms with Crippen molar-refractivity contribution in [1.29, 1.82) is 0 Å². The van der Waals surface area contributed by atoms with Crippen molar-refractivity contribution in [3.63, 3.8) is 0 Å². The van der Waals surface area contributed by atoms with E-state index in [1.165, 1.54) is 19.3 Å². The fraction of sp³-hybridized carbons (Fsp3) is 0.714. The summed E-state index contributed by atoms with van der Waals surface area (Å²) in [7, 11) is 0. The zero-order valence-electron chi connectivity index (χ0n) is 10.4. The SMILES string of the molecule is CCOC(=O)C1=C(C)C2C3CCC(C3)C2C1=O. The third-order valence-corrected chi connectivity index (χ3v) is 4.84. The third-order valence-electron chi connectivity index (χ3n) is 4.84. The Morgan fingerprint density at radius 2 is 1.94 bits per heavy atom. The number of ether oxygens (including phenoxy) is 1. The van der Waals surface area contributed by atoms with Crippen molar-refractivity contribution in [3.8, 4) is 0 Å². The van der Waals surface area contributed by atoms with Crippen LogP contribution < -0.4 is 0 Å². The zero-order valence-corrected chi connectivity index (χ0v) is 10.4. The molecule has 0 amide bonds. The Morgan fingerprint density at radius 1 is 1.29 bits per heavy atom. The number of Topliss-reactive ketones (excluding diaryl/α,β-unsaturated/α-hetero) is 1. The van der Waals surface area contributed by atoms with Crippen LogP contribution in [0, 0.1) is 23.7 Å². The van der Waals surface area contributed by atoms with Crippen molar-refractivity contribution in [1.82, 2.24) is 0 Å². The molecule has 2 bridgehead atoms. The Hall–Kier alpha value is -1.12. The number of fused-ring (bicyclic) bond motifs is 5. The summed E-state index contributed by atoms with van der Waals surface area (Å²) in [5, 5.41) is 0. The first-order valence-electron chi connectivity index (χ1n) is 6.57. The molecule has 4 unspecified atom stereocenters. The molecule has 0 saturated heterocycles. The van der Waals surface area contributed by atoms with Crippen LogP contribution >= 0.6 is 0 Å². The van der Waals surface area contributed by atoms with Gasteiger partial charge in [-0.05, 0) is 50.9 Å². The molecule has 2 saturated carbocycles. The first-order chi connectivity index (χ1) is 8.15. The maximum absolute atomic E-state index is 12.3. The Bertz CT molecular complexity index is 421. The van der Waals surface area contributed by atoms with Crippen LogP contribution in [0.25, 0.3) is 0 Å². The molecule has 0 heterocycles. The van der Waals surface area contributed by atoms with E-state index in [2.05, 4.69) is 0 Å². The molecule has 3 aliphatic rings. The lowest BCUT2D eigenvalue weighted by atomic mass is 9.79. The van der Waals surface area contributed by atoms with Crippen LogP contribution in [-0.4, -0.2) is 18.4 Å². The van der Waals surface area contributed by atoms with E-state index in [9.17, 15) is 9.59 Å². The van der Waals surface area contributed by atoms with Crippen LogP contribution in [0.15, 0.2) is 11.1 Å². The largest absolute Gasteiger partial charge is 0.462 e. The smallest absolute Gasteiger partial charge is 0.341 e. The van der Waals surface area contributed by atoms with E-state index in [1.54, 1.807) is 6.92 Å². The first kappa shape index (κ1) is 11.0. The van der Waals surface area contributed by atoms with Gasteiger partial charge in [-0.1, -0.05) is 5.57 Å². The number of hydrogen-bond acceptors (Lipinski definition) is 3. The lowest BCUT2D eigenvalue weighted by Gasteiger charge is -2.24. The van der Waals surface area contributed by atoms with Gasteiger partial charge in [-0.25, -0.2) is 4.79 Å². The summed E-state index contributed by atoms with van der Waals surface area (Å²) in [5.74, 6) is 1.29. The number of carbonyl (C=O) groups is 2. The molecule has 0 spiro atoms. The highest BCUT2D eigenvalue weighted by atomic mass is 16.5. The van der Waals surface area contributed by atoms with Gasteiger partial charge >= 0.3 is 5.97 Å². The number of allylic oxidation sites excluding steroid dienone is 1. The van der Waals surface area contributed by atoms with Gasteiger partial charge in [-0.3, -0.25) is 4.79 Å². The van der Waals surface area contributed by atoms with Crippen molar-refractivity contribution >= 4 is 11.8 Å². The van der Waals surface area contributed by atoms with E-state index in [0.717, 1.165) is 5.57 Å². The molecule has 3 heteroatoms. The standard InChI is InChI=1S/C14H18O3/c1-3-17-14(16)11-7(2)10-8-4-5-9(6-8)12(10)13(11)15/h8-10,12H,3-6H2,1-2H3. The van der Waals surface area contributed by atoms with Crippen LogP contribution in [0.1, 0.15) is 33.1 Å². The Labute approximate surface area is 101 Å². The van der Waals surface area contributed by atoms with Crippen LogP contribution in [0.4, 0.5) is 0 Å². The average molecular weight is 234 g/mol. The second-order valence-electron chi connectivity index (χ2n) is 5.53. The van der Waals surface area contributed by atoms with Gasteiger partial charge in [0.1, 0.15) is 5.57 Å². The first-order valence-corrected chi connectivity index (χ1v) is 6.57. The quantitative estimate of drug-likeness (QED) is 0.543. The van der Waals surface area contributed by atoms with Crippen LogP contribution in [0.3, 0.4) is 0 Å². The Morgan fingerprint density at radius 3 is 2.53 bits per heavy atom. The highest BCUT2D eigenvalue weighted by molar-refractivity contribution is 6.21. The molecule has 0 aliphatic heterocycles. The number of hydrogen-bond donors (Lipinski definition) is 0. The van der Waals surface area contributed by atoms with Gasteiger partial charge in [-0.2, -0.15) is 0 Å². The van der Waals surface area contributed by atoms with Gasteiger partial charge in [0, 0.05) is 5.92 Å².